The van der Waals surface area contributed by atoms with E-state index in [0.717, 1.165) is 0 Å². The van der Waals surface area contributed by atoms with Crippen LogP contribution in [0.5, 0.6) is 0 Å². The fraction of sp³-hybridized carbons (Fsp3) is 0.273. The number of benzene rings is 1. The molecule has 2 N–H and O–H groups in total. The molecule has 0 bridgehead atoms. The first-order chi connectivity index (χ1) is 8.06. The van der Waals surface area contributed by atoms with Gasteiger partial charge in [0.05, 0.1) is 11.7 Å². The van der Waals surface area contributed by atoms with E-state index in [-0.39, 0.29) is 11.9 Å². The van der Waals surface area contributed by atoms with Crippen molar-refractivity contribution in [3.05, 3.63) is 45.9 Å². The summed E-state index contributed by atoms with van der Waals surface area (Å²) in [5.74, 6) is -0.265. The molecule has 1 aromatic heterocycles. The van der Waals surface area contributed by atoms with Gasteiger partial charge in [0.25, 0.3) is 0 Å². The maximum absolute atomic E-state index is 13.6. The zero-order chi connectivity index (χ0) is 12.4. The quantitative estimate of drug-likeness (QED) is 0.942. The molecule has 0 fully saturated rings. The van der Waals surface area contributed by atoms with Gasteiger partial charge in [-0.1, -0.05) is 27.2 Å². The van der Waals surface area contributed by atoms with Gasteiger partial charge in [0, 0.05) is 17.7 Å². The summed E-state index contributed by atoms with van der Waals surface area (Å²) in [6, 6.07) is 4.59. The number of aromatic nitrogens is 3. The molecule has 0 saturated carbocycles. The number of hydrogen-bond acceptors (Lipinski definition) is 3. The number of rotatable bonds is 3. The second-order valence-corrected chi connectivity index (χ2v) is 4.78. The first-order valence-electron chi connectivity index (χ1n) is 5.12. The highest BCUT2D eigenvalue weighted by molar-refractivity contribution is 9.10. The van der Waals surface area contributed by atoms with E-state index in [0.29, 0.717) is 22.2 Å². The molecule has 6 heteroatoms. The summed E-state index contributed by atoms with van der Waals surface area (Å²) in [4.78, 5) is 0. The van der Waals surface area contributed by atoms with Crippen LogP contribution < -0.4 is 5.73 Å². The van der Waals surface area contributed by atoms with E-state index in [1.54, 1.807) is 30.1 Å². The highest BCUT2D eigenvalue weighted by atomic mass is 79.9. The van der Waals surface area contributed by atoms with E-state index < -0.39 is 0 Å². The summed E-state index contributed by atoms with van der Waals surface area (Å²) in [6.07, 6.45) is 2.14. The van der Waals surface area contributed by atoms with Crippen LogP contribution in [0.25, 0.3) is 0 Å². The van der Waals surface area contributed by atoms with Crippen LogP contribution in [-0.4, -0.2) is 15.0 Å². The topological polar surface area (TPSA) is 56.7 Å². The lowest BCUT2D eigenvalue weighted by Gasteiger charge is -2.09. The maximum Gasteiger partial charge on any atom is 0.127 e. The Morgan fingerprint density at radius 3 is 2.88 bits per heavy atom. The van der Waals surface area contributed by atoms with Crippen molar-refractivity contribution >= 4 is 15.9 Å². The second kappa shape index (κ2) is 4.93. The Morgan fingerprint density at radius 1 is 1.53 bits per heavy atom. The standard InChI is InChI=1S/C11H12BrFN4/c1-17-6-11(15-16-17)10(14)4-7-2-3-8(12)5-9(7)13/h2-3,5-6,10H,4,14H2,1H3. The van der Waals surface area contributed by atoms with Gasteiger partial charge in [-0.3, -0.25) is 4.68 Å². The summed E-state index contributed by atoms with van der Waals surface area (Å²) >= 11 is 3.21. The average molecular weight is 299 g/mol. The van der Waals surface area contributed by atoms with Crippen LogP contribution >= 0.6 is 15.9 Å². The number of halogens is 2. The second-order valence-electron chi connectivity index (χ2n) is 3.86. The maximum atomic E-state index is 13.6. The van der Waals surface area contributed by atoms with E-state index in [4.69, 9.17) is 5.73 Å². The van der Waals surface area contributed by atoms with Gasteiger partial charge in [0.1, 0.15) is 5.82 Å². The van der Waals surface area contributed by atoms with Gasteiger partial charge in [-0.15, -0.1) is 5.10 Å². The minimum atomic E-state index is -0.348. The molecular formula is C11H12BrFN4. The van der Waals surface area contributed by atoms with Gasteiger partial charge in [0.15, 0.2) is 0 Å². The zero-order valence-electron chi connectivity index (χ0n) is 9.27. The summed E-state index contributed by atoms with van der Waals surface area (Å²) in [6.45, 7) is 0. The lowest BCUT2D eigenvalue weighted by Crippen LogP contribution is -2.14. The van der Waals surface area contributed by atoms with Crippen molar-refractivity contribution in [2.75, 3.05) is 0 Å². The molecule has 0 amide bonds. The van der Waals surface area contributed by atoms with Crippen molar-refractivity contribution < 1.29 is 4.39 Å². The Bertz CT molecular complexity index is 526. The third-order valence-corrected chi connectivity index (χ3v) is 2.95. The fourth-order valence-electron chi connectivity index (χ4n) is 1.56. The molecule has 0 aliphatic heterocycles. The molecule has 90 valence electrons. The molecule has 0 saturated heterocycles. The molecule has 1 heterocycles. The van der Waals surface area contributed by atoms with Crippen LogP contribution in [0, 0.1) is 5.82 Å². The van der Waals surface area contributed by atoms with Crippen molar-refractivity contribution in [3.63, 3.8) is 0 Å². The monoisotopic (exact) mass is 298 g/mol. The predicted octanol–water partition coefficient (Wildman–Crippen LogP) is 1.96. The number of aryl methyl sites for hydroxylation is 1. The van der Waals surface area contributed by atoms with Crippen molar-refractivity contribution in [3.8, 4) is 0 Å². The van der Waals surface area contributed by atoms with E-state index in [1.165, 1.54) is 6.07 Å². The molecule has 17 heavy (non-hydrogen) atoms. The van der Waals surface area contributed by atoms with E-state index in [9.17, 15) is 4.39 Å². The SMILES string of the molecule is Cn1cc(C(N)Cc2ccc(Br)cc2F)nn1. The molecule has 1 unspecified atom stereocenters. The van der Waals surface area contributed by atoms with E-state index in [2.05, 4.69) is 26.2 Å². The highest BCUT2D eigenvalue weighted by Crippen LogP contribution is 2.19. The minimum Gasteiger partial charge on any atom is -0.322 e. The normalized spacial score (nSPS) is 12.7. The molecule has 1 aromatic carbocycles. The van der Waals surface area contributed by atoms with E-state index in [1.807, 2.05) is 0 Å². The lowest BCUT2D eigenvalue weighted by molar-refractivity contribution is 0.588. The summed E-state index contributed by atoms with van der Waals surface area (Å²) in [7, 11) is 1.77. The van der Waals surface area contributed by atoms with Crippen LogP contribution in [0.1, 0.15) is 17.3 Å². The minimum absolute atomic E-state index is 0.265. The van der Waals surface area contributed by atoms with Crippen molar-refractivity contribution in [1.29, 1.82) is 0 Å². The molecule has 0 aliphatic carbocycles. The number of nitrogens with two attached hydrogens (primary N) is 1. The Kier molecular flexibility index (Phi) is 3.54. The number of hydrogen-bond donors (Lipinski definition) is 1. The van der Waals surface area contributed by atoms with Crippen molar-refractivity contribution in [2.45, 2.75) is 12.5 Å². The van der Waals surface area contributed by atoms with Crippen molar-refractivity contribution in [1.82, 2.24) is 15.0 Å². The van der Waals surface area contributed by atoms with Gasteiger partial charge in [-0.2, -0.15) is 0 Å². The molecule has 0 aliphatic rings. The van der Waals surface area contributed by atoms with E-state index >= 15 is 0 Å². The lowest BCUT2D eigenvalue weighted by atomic mass is 10.0. The fourth-order valence-corrected chi connectivity index (χ4v) is 1.90. The zero-order valence-corrected chi connectivity index (χ0v) is 10.9. The van der Waals surface area contributed by atoms with Crippen LogP contribution in [-0.2, 0) is 13.5 Å². The predicted molar refractivity (Wildman–Crippen MR) is 65.7 cm³/mol. The van der Waals surface area contributed by atoms with Crippen LogP contribution in [0.3, 0.4) is 0 Å². The largest absolute Gasteiger partial charge is 0.322 e. The number of nitrogens with zero attached hydrogens (tertiary/aromatic N) is 3. The molecule has 0 radical (unpaired) electrons. The Labute approximate surface area is 107 Å². The molecule has 1 atom stereocenters. The smallest absolute Gasteiger partial charge is 0.127 e. The summed E-state index contributed by atoms with van der Waals surface area (Å²) in [5, 5.41) is 7.72. The van der Waals surface area contributed by atoms with Crippen molar-refractivity contribution in [2.24, 2.45) is 12.8 Å². The summed E-state index contributed by atoms with van der Waals surface area (Å²) < 4.78 is 15.9. The molecule has 0 spiro atoms. The Balaban J connectivity index is 2.15. The van der Waals surface area contributed by atoms with Gasteiger partial charge in [0.2, 0.25) is 0 Å². The first kappa shape index (κ1) is 12.2. The van der Waals surface area contributed by atoms with Gasteiger partial charge in [-0.05, 0) is 24.1 Å². The third kappa shape index (κ3) is 2.89. The molecule has 4 nitrogen and oxygen atoms in total. The van der Waals surface area contributed by atoms with Crippen LogP contribution in [0.2, 0.25) is 0 Å². The Morgan fingerprint density at radius 2 is 2.29 bits per heavy atom. The first-order valence-corrected chi connectivity index (χ1v) is 5.91. The van der Waals surface area contributed by atoms with Gasteiger partial charge in [-0.25, -0.2) is 4.39 Å². The molecular weight excluding hydrogens is 287 g/mol. The van der Waals surface area contributed by atoms with Gasteiger partial charge < -0.3 is 5.73 Å². The van der Waals surface area contributed by atoms with Gasteiger partial charge >= 0.3 is 0 Å². The highest BCUT2D eigenvalue weighted by Gasteiger charge is 2.13. The summed E-state index contributed by atoms with van der Waals surface area (Å²) in [5.41, 5.74) is 7.19. The molecule has 2 aromatic rings. The van der Waals surface area contributed by atoms with Crippen LogP contribution in [0.4, 0.5) is 4.39 Å². The average Bonchev–Trinajstić information content (AvgIpc) is 2.69. The third-order valence-electron chi connectivity index (χ3n) is 2.46. The van der Waals surface area contributed by atoms with Crippen LogP contribution in [0.15, 0.2) is 28.9 Å². The Hall–Kier alpha value is -1.27. The molecule has 2 rings (SSSR count).